The third kappa shape index (κ3) is 3.68. The van der Waals surface area contributed by atoms with Crippen molar-refractivity contribution < 1.29 is 4.79 Å². The van der Waals surface area contributed by atoms with Gasteiger partial charge in [0, 0.05) is 34.0 Å². The van der Waals surface area contributed by atoms with Crippen LogP contribution in [0, 0.1) is 0 Å². The maximum absolute atomic E-state index is 12.5. The zero-order chi connectivity index (χ0) is 20.5. The molecule has 0 atom stereocenters. The fourth-order valence-electron chi connectivity index (χ4n) is 4.00. The minimum Gasteiger partial charge on any atom is -0.349 e. The molecule has 1 fully saturated rings. The number of hydrogen-bond donors (Lipinski definition) is 1. The van der Waals surface area contributed by atoms with Crippen molar-refractivity contribution >= 4 is 23.2 Å². The molecule has 30 heavy (non-hydrogen) atoms. The summed E-state index contributed by atoms with van der Waals surface area (Å²) in [6.07, 6.45) is 10.1. The maximum atomic E-state index is 12.5. The molecule has 1 N–H and O–H groups in total. The van der Waals surface area contributed by atoms with E-state index in [4.69, 9.17) is 11.6 Å². The van der Waals surface area contributed by atoms with Gasteiger partial charge in [0.05, 0.1) is 23.8 Å². The topological polar surface area (TPSA) is 59.3 Å². The van der Waals surface area contributed by atoms with Crippen LogP contribution in [-0.2, 0) is 0 Å². The first-order chi connectivity index (χ1) is 14.7. The third-order valence-corrected chi connectivity index (χ3v) is 5.92. The first-order valence-corrected chi connectivity index (χ1v) is 10.6. The number of hydrogen-bond acceptors (Lipinski definition) is 3. The molecule has 0 unspecified atom stereocenters. The highest BCUT2D eigenvalue weighted by atomic mass is 35.5. The van der Waals surface area contributed by atoms with Crippen molar-refractivity contribution in [1.29, 1.82) is 0 Å². The van der Waals surface area contributed by atoms with Crippen LogP contribution in [0.25, 0.3) is 28.2 Å². The van der Waals surface area contributed by atoms with Gasteiger partial charge in [-0.1, -0.05) is 48.7 Å². The Hall–Kier alpha value is -3.18. The van der Waals surface area contributed by atoms with Crippen LogP contribution in [-0.4, -0.2) is 26.3 Å². The molecule has 5 rings (SSSR count). The SMILES string of the molecule is O=C(NC1CCCC1)c1ccc(-c2cn3c(-c4ccc(Cl)cc4)cnc3cn2)cc1. The standard InChI is InChI=1S/C24H21ClN4O/c25-19-11-9-17(10-12-19)22-13-27-23-14-26-21(15-29(22)23)16-5-7-18(8-6-16)24(30)28-20-3-1-2-4-20/h5-15,20H,1-4H2,(H,28,30). The molecule has 0 aliphatic heterocycles. The Kier molecular flexibility index (Phi) is 4.97. The first-order valence-electron chi connectivity index (χ1n) is 10.2. The van der Waals surface area contributed by atoms with Gasteiger partial charge in [-0.3, -0.25) is 14.2 Å². The van der Waals surface area contributed by atoms with E-state index < -0.39 is 0 Å². The van der Waals surface area contributed by atoms with Crippen molar-refractivity contribution in [3.63, 3.8) is 0 Å². The highest BCUT2D eigenvalue weighted by Crippen LogP contribution is 2.25. The summed E-state index contributed by atoms with van der Waals surface area (Å²) in [5.41, 5.74) is 5.22. The number of nitrogens with zero attached hydrogens (tertiary/aromatic N) is 3. The van der Waals surface area contributed by atoms with E-state index in [0.717, 1.165) is 41.0 Å². The van der Waals surface area contributed by atoms with Gasteiger partial charge in [0.25, 0.3) is 5.91 Å². The summed E-state index contributed by atoms with van der Waals surface area (Å²) in [5.74, 6) is -0.00324. The molecule has 2 aromatic heterocycles. The number of imidazole rings is 1. The number of aromatic nitrogens is 3. The van der Waals surface area contributed by atoms with E-state index >= 15 is 0 Å². The second kappa shape index (κ2) is 7.92. The van der Waals surface area contributed by atoms with Gasteiger partial charge in [-0.05, 0) is 37.1 Å². The second-order valence-electron chi connectivity index (χ2n) is 7.68. The molecule has 1 saturated carbocycles. The molecule has 2 heterocycles. The van der Waals surface area contributed by atoms with Crippen LogP contribution in [0.3, 0.4) is 0 Å². The quantitative estimate of drug-likeness (QED) is 0.485. The molecular weight excluding hydrogens is 396 g/mol. The summed E-state index contributed by atoms with van der Waals surface area (Å²) >= 11 is 6.02. The summed E-state index contributed by atoms with van der Waals surface area (Å²) < 4.78 is 2.02. The molecule has 2 aromatic carbocycles. The van der Waals surface area contributed by atoms with Crippen molar-refractivity contribution in [2.45, 2.75) is 31.7 Å². The zero-order valence-electron chi connectivity index (χ0n) is 16.4. The Labute approximate surface area is 179 Å². The summed E-state index contributed by atoms with van der Waals surface area (Å²) in [7, 11) is 0. The van der Waals surface area contributed by atoms with E-state index in [9.17, 15) is 4.79 Å². The van der Waals surface area contributed by atoms with E-state index in [1.165, 1.54) is 12.8 Å². The Balaban J connectivity index is 1.42. The summed E-state index contributed by atoms with van der Waals surface area (Å²) in [6, 6.07) is 15.6. The van der Waals surface area contributed by atoms with Gasteiger partial charge in [-0.15, -0.1) is 0 Å². The van der Waals surface area contributed by atoms with Crippen LogP contribution in [0.5, 0.6) is 0 Å². The molecule has 5 nitrogen and oxygen atoms in total. The molecule has 0 saturated heterocycles. The largest absolute Gasteiger partial charge is 0.349 e. The Bertz CT molecular complexity index is 1190. The smallest absolute Gasteiger partial charge is 0.251 e. The van der Waals surface area contributed by atoms with Crippen LogP contribution >= 0.6 is 11.6 Å². The number of amides is 1. The second-order valence-corrected chi connectivity index (χ2v) is 8.12. The molecule has 4 aromatic rings. The van der Waals surface area contributed by atoms with Crippen LogP contribution in [0.2, 0.25) is 5.02 Å². The molecular formula is C24H21ClN4O. The molecule has 0 spiro atoms. The van der Waals surface area contributed by atoms with Crippen LogP contribution in [0.15, 0.2) is 67.1 Å². The number of carbonyl (C=O) groups excluding carboxylic acids is 1. The van der Waals surface area contributed by atoms with Gasteiger partial charge in [0.2, 0.25) is 0 Å². The number of halogens is 1. The lowest BCUT2D eigenvalue weighted by atomic mass is 10.1. The monoisotopic (exact) mass is 416 g/mol. The van der Waals surface area contributed by atoms with Gasteiger partial charge in [-0.2, -0.15) is 0 Å². The zero-order valence-corrected chi connectivity index (χ0v) is 17.1. The van der Waals surface area contributed by atoms with Crippen LogP contribution < -0.4 is 5.32 Å². The molecule has 6 heteroatoms. The van der Waals surface area contributed by atoms with Crippen molar-refractivity contribution in [2.75, 3.05) is 0 Å². The van der Waals surface area contributed by atoms with Crippen molar-refractivity contribution in [3.8, 4) is 22.5 Å². The molecule has 1 aliphatic rings. The molecule has 0 radical (unpaired) electrons. The van der Waals surface area contributed by atoms with E-state index in [-0.39, 0.29) is 5.91 Å². The van der Waals surface area contributed by atoms with E-state index in [1.54, 1.807) is 6.20 Å². The third-order valence-electron chi connectivity index (χ3n) is 5.67. The van der Waals surface area contributed by atoms with E-state index in [0.29, 0.717) is 16.6 Å². The molecule has 150 valence electrons. The van der Waals surface area contributed by atoms with Crippen LogP contribution in [0.1, 0.15) is 36.0 Å². The van der Waals surface area contributed by atoms with Gasteiger partial charge >= 0.3 is 0 Å². The predicted molar refractivity (Wildman–Crippen MR) is 119 cm³/mol. The Morgan fingerprint density at radius 1 is 0.933 bits per heavy atom. The van der Waals surface area contributed by atoms with Gasteiger partial charge in [0.1, 0.15) is 0 Å². The number of fused-ring (bicyclic) bond motifs is 1. The van der Waals surface area contributed by atoms with Crippen molar-refractivity contribution in [3.05, 3.63) is 77.7 Å². The van der Waals surface area contributed by atoms with E-state index in [1.807, 2.05) is 65.3 Å². The predicted octanol–water partition coefficient (Wildman–Crippen LogP) is 5.39. The van der Waals surface area contributed by atoms with E-state index in [2.05, 4.69) is 15.3 Å². The lowest BCUT2D eigenvalue weighted by Crippen LogP contribution is -2.32. The highest BCUT2D eigenvalue weighted by Gasteiger charge is 2.18. The number of benzene rings is 2. The van der Waals surface area contributed by atoms with Crippen LogP contribution in [0.4, 0.5) is 0 Å². The van der Waals surface area contributed by atoms with Gasteiger partial charge in [0.15, 0.2) is 5.65 Å². The Morgan fingerprint density at radius 3 is 2.37 bits per heavy atom. The lowest BCUT2D eigenvalue weighted by molar-refractivity contribution is 0.0938. The summed E-state index contributed by atoms with van der Waals surface area (Å²) in [6.45, 7) is 0. The number of rotatable bonds is 4. The number of nitrogens with one attached hydrogen (secondary N) is 1. The van der Waals surface area contributed by atoms with Crippen molar-refractivity contribution in [2.24, 2.45) is 0 Å². The fraction of sp³-hybridized carbons (Fsp3) is 0.208. The Morgan fingerprint density at radius 2 is 1.63 bits per heavy atom. The average molecular weight is 417 g/mol. The minimum absolute atomic E-state index is 0.00324. The highest BCUT2D eigenvalue weighted by molar-refractivity contribution is 6.30. The normalized spacial score (nSPS) is 14.3. The van der Waals surface area contributed by atoms with Crippen molar-refractivity contribution in [1.82, 2.24) is 19.7 Å². The summed E-state index contributed by atoms with van der Waals surface area (Å²) in [4.78, 5) is 21.5. The molecule has 1 aliphatic carbocycles. The maximum Gasteiger partial charge on any atom is 0.251 e. The average Bonchev–Trinajstić information content (AvgIpc) is 3.44. The van der Waals surface area contributed by atoms with Gasteiger partial charge in [-0.25, -0.2) is 4.98 Å². The lowest BCUT2D eigenvalue weighted by Gasteiger charge is -2.12. The first kappa shape index (κ1) is 18.8. The van der Waals surface area contributed by atoms with Gasteiger partial charge < -0.3 is 5.32 Å². The minimum atomic E-state index is -0.00324. The number of carbonyl (C=O) groups is 1. The summed E-state index contributed by atoms with van der Waals surface area (Å²) in [5, 5.41) is 3.83. The molecule has 1 amide bonds. The molecule has 0 bridgehead atoms. The fourth-order valence-corrected chi connectivity index (χ4v) is 4.13.